The maximum Gasteiger partial charge on any atom is 0.330 e. The van der Waals surface area contributed by atoms with Gasteiger partial charge < -0.3 is 4.74 Å². The second-order valence-corrected chi connectivity index (χ2v) is 5.13. The summed E-state index contributed by atoms with van der Waals surface area (Å²) >= 11 is 0. The number of likely N-dealkylation sites (tertiary alicyclic amines) is 1. The van der Waals surface area contributed by atoms with Gasteiger partial charge in [0, 0.05) is 25.1 Å². The Morgan fingerprint density at radius 3 is 2.90 bits per heavy atom. The molecule has 1 heterocycles. The van der Waals surface area contributed by atoms with Crippen LogP contribution in [0, 0.1) is 11.3 Å². The van der Waals surface area contributed by atoms with Crippen LogP contribution in [0.5, 0.6) is 0 Å². The highest BCUT2D eigenvalue weighted by Gasteiger charge is 2.25. The van der Waals surface area contributed by atoms with Gasteiger partial charge in [-0.15, -0.1) is 0 Å². The number of hydrogen-bond acceptors (Lipinski definition) is 4. The molecule has 0 radical (unpaired) electrons. The van der Waals surface area contributed by atoms with Gasteiger partial charge in [-0.25, -0.2) is 4.79 Å². The highest BCUT2D eigenvalue weighted by Crippen LogP contribution is 2.31. The van der Waals surface area contributed by atoms with Crippen LogP contribution in [0.15, 0.2) is 30.3 Å². The first kappa shape index (κ1) is 15.3. The normalized spacial score (nSPS) is 18.8. The summed E-state index contributed by atoms with van der Waals surface area (Å²) in [5, 5.41) is 8.72. The maximum atomic E-state index is 11.1. The van der Waals surface area contributed by atoms with Crippen LogP contribution in [0.2, 0.25) is 0 Å². The number of esters is 1. The van der Waals surface area contributed by atoms with E-state index >= 15 is 0 Å². The largest absolute Gasteiger partial charge is 0.466 e. The number of carbonyl (C=O) groups excluding carboxylic acids is 1. The standard InChI is InChI=1S/C17H20N2O2/c1-21-17(20)10-7-14-5-8-15(9-6-14)16-4-2-12-19(16)13-3-11-18/h5-10,16H,2-4,12-13H2,1H3. The summed E-state index contributed by atoms with van der Waals surface area (Å²) in [6, 6.07) is 10.9. The molecular weight excluding hydrogens is 264 g/mol. The van der Waals surface area contributed by atoms with E-state index in [1.54, 1.807) is 6.08 Å². The van der Waals surface area contributed by atoms with Gasteiger partial charge in [0.25, 0.3) is 0 Å². The van der Waals surface area contributed by atoms with Crippen LogP contribution in [0.4, 0.5) is 0 Å². The first-order valence-corrected chi connectivity index (χ1v) is 7.21. The second kappa shape index (κ2) is 7.61. The fraction of sp³-hybridized carbons (Fsp3) is 0.412. The molecule has 0 saturated carbocycles. The lowest BCUT2D eigenvalue weighted by atomic mass is 10.0. The van der Waals surface area contributed by atoms with Crippen molar-refractivity contribution in [2.75, 3.05) is 20.2 Å². The predicted octanol–water partition coefficient (Wildman–Crippen LogP) is 2.92. The number of hydrogen-bond donors (Lipinski definition) is 0. The third-order valence-corrected chi connectivity index (χ3v) is 3.81. The number of benzene rings is 1. The van der Waals surface area contributed by atoms with Gasteiger partial charge in [0.1, 0.15) is 0 Å². The third-order valence-electron chi connectivity index (χ3n) is 3.81. The lowest BCUT2D eigenvalue weighted by molar-refractivity contribution is -0.134. The SMILES string of the molecule is COC(=O)C=Cc1ccc(C2CCCN2CCC#N)cc1. The zero-order chi connectivity index (χ0) is 15.1. The third kappa shape index (κ3) is 4.17. The number of nitrogens with zero attached hydrogens (tertiary/aromatic N) is 2. The number of ether oxygens (including phenoxy) is 1. The molecule has 110 valence electrons. The molecule has 4 nitrogen and oxygen atoms in total. The van der Waals surface area contributed by atoms with Crippen molar-refractivity contribution >= 4 is 12.0 Å². The molecule has 0 aromatic heterocycles. The second-order valence-electron chi connectivity index (χ2n) is 5.13. The molecule has 1 atom stereocenters. The van der Waals surface area contributed by atoms with Crippen molar-refractivity contribution in [3.63, 3.8) is 0 Å². The summed E-state index contributed by atoms with van der Waals surface area (Å²) in [6.07, 6.45) is 6.07. The maximum absolute atomic E-state index is 11.1. The van der Waals surface area contributed by atoms with Gasteiger partial charge in [-0.1, -0.05) is 24.3 Å². The molecule has 1 aromatic rings. The van der Waals surface area contributed by atoms with Crippen LogP contribution in [0.3, 0.4) is 0 Å². The Labute approximate surface area is 125 Å². The molecule has 0 N–H and O–H groups in total. The van der Waals surface area contributed by atoms with Crippen LogP contribution in [0.1, 0.15) is 36.4 Å². The van der Waals surface area contributed by atoms with E-state index in [0.29, 0.717) is 12.5 Å². The number of rotatable bonds is 5. The molecule has 0 spiro atoms. The van der Waals surface area contributed by atoms with Crippen LogP contribution in [-0.2, 0) is 9.53 Å². The smallest absolute Gasteiger partial charge is 0.330 e. The Bertz CT molecular complexity index is 543. The van der Waals surface area contributed by atoms with E-state index in [4.69, 9.17) is 5.26 Å². The molecular formula is C17H20N2O2. The van der Waals surface area contributed by atoms with Gasteiger partial charge in [-0.3, -0.25) is 4.90 Å². The molecule has 0 bridgehead atoms. The summed E-state index contributed by atoms with van der Waals surface area (Å²) in [5.41, 5.74) is 2.26. The molecule has 0 amide bonds. The zero-order valence-corrected chi connectivity index (χ0v) is 12.3. The van der Waals surface area contributed by atoms with E-state index in [1.807, 2.05) is 12.1 Å². The van der Waals surface area contributed by atoms with E-state index in [9.17, 15) is 4.79 Å². The van der Waals surface area contributed by atoms with Crippen LogP contribution >= 0.6 is 0 Å². The van der Waals surface area contributed by atoms with Gasteiger partial charge in [-0.2, -0.15) is 5.26 Å². The van der Waals surface area contributed by atoms with E-state index in [1.165, 1.54) is 25.2 Å². The summed E-state index contributed by atoms with van der Waals surface area (Å²) in [4.78, 5) is 13.4. The molecule has 0 aliphatic carbocycles. The van der Waals surface area contributed by atoms with Gasteiger partial charge in [-0.05, 0) is 36.6 Å². The molecule has 1 aromatic carbocycles. The molecule has 2 rings (SSSR count). The fourth-order valence-electron chi connectivity index (χ4n) is 2.73. The number of nitriles is 1. The Morgan fingerprint density at radius 2 is 2.24 bits per heavy atom. The minimum Gasteiger partial charge on any atom is -0.466 e. The lowest BCUT2D eigenvalue weighted by Gasteiger charge is -2.23. The Morgan fingerprint density at radius 1 is 1.48 bits per heavy atom. The van der Waals surface area contributed by atoms with Crippen LogP contribution < -0.4 is 0 Å². The highest BCUT2D eigenvalue weighted by atomic mass is 16.5. The van der Waals surface area contributed by atoms with E-state index in [0.717, 1.165) is 25.1 Å². The summed E-state index contributed by atoms with van der Waals surface area (Å²) in [7, 11) is 1.37. The predicted molar refractivity (Wildman–Crippen MR) is 81.3 cm³/mol. The molecule has 1 aliphatic heterocycles. The van der Waals surface area contributed by atoms with Gasteiger partial charge in [0.15, 0.2) is 0 Å². The first-order chi connectivity index (χ1) is 10.2. The number of methoxy groups -OCH3 is 1. The van der Waals surface area contributed by atoms with Gasteiger partial charge >= 0.3 is 5.97 Å². The van der Waals surface area contributed by atoms with Crippen molar-refractivity contribution in [3.05, 3.63) is 41.5 Å². The Hall–Kier alpha value is -2.12. The van der Waals surface area contributed by atoms with Gasteiger partial charge in [0.05, 0.1) is 13.2 Å². The summed E-state index contributed by atoms with van der Waals surface area (Å²) in [6.45, 7) is 1.90. The Kier molecular flexibility index (Phi) is 5.53. The quantitative estimate of drug-likeness (QED) is 0.616. The zero-order valence-electron chi connectivity index (χ0n) is 12.3. The van der Waals surface area contributed by atoms with Crippen LogP contribution in [-0.4, -0.2) is 31.1 Å². The molecule has 1 aliphatic rings. The summed E-state index contributed by atoms with van der Waals surface area (Å²) in [5.74, 6) is -0.349. The molecule has 4 heteroatoms. The van der Waals surface area contributed by atoms with Crippen LogP contribution in [0.25, 0.3) is 6.08 Å². The van der Waals surface area contributed by atoms with Crippen molar-refractivity contribution in [1.82, 2.24) is 4.90 Å². The van der Waals surface area contributed by atoms with E-state index < -0.39 is 0 Å². The van der Waals surface area contributed by atoms with E-state index in [-0.39, 0.29) is 5.97 Å². The molecule has 1 fully saturated rings. The average Bonchev–Trinajstić information content (AvgIpc) is 2.99. The molecule has 1 saturated heterocycles. The monoisotopic (exact) mass is 284 g/mol. The fourth-order valence-corrected chi connectivity index (χ4v) is 2.73. The molecule has 21 heavy (non-hydrogen) atoms. The van der Waals surface area contributed by atoms with Gasteiger partial charge in [0.2, 0.25) is 0 Å². The minimum absolute atomic E-state index is 0.349. The van der Waals surface area contributed by atoms with Crippen molar-refractivity contribution < 1.29 is 9.53 Å². The van der Waals surface area contributed by atoms with Crippen molar-refractivity contribution in [3.8, 4) is 6.07 Å². The van der Waals surface area contributed by atoms with Crippen molar-refractivity contribution in [2.24, 2.45) is 0 Å². The summed E-state index contributed by atoms with van der Waals surface area (Å²) < 4.78 is 4.57. The highest BCUT2D eigenvalue weighted by molar-refractivity contribution is 5.86. The average molecular weight is 284 g/mol. The van der Waals surface area contributed by atoms with E-state index in [2.05, 4.69) is 27.8 Å². The number of carbonyl (C=O) groups is 1. The topological polar surface area (TPSA) is 53.3 Å². The Balaban J connectivity index is 2.03. The van der Waals surface area contributed by atoms with Crippen molar-refractivity contribution in [1.29, 1.82) is 5.26 Å². The molecule has 1 unspecified atom stereocenters. The lowest BCUT2D eigenvalue weighted by Crippen LogP contribution is -2.24. The minimum atomic E-state index is -0.349. The van der Waals surface area contributed by atoms with Crippen molar-refractivity contribution in [2.45, 2.75) is 25.3 Å². The first-order valence-electron chi connectivity index (χ1n) is 7.21.